The van der Waals surface area contributed by atoms with Crippen molar-refractivity contribution in [2.45, 2.75) is 20.3 Å². The third-order valence-electron chi connectivity index (χ3n) is 0.550. The van der Waals surface area contributed by atoms with Gasteiger partial charge in [0, 0.05) is 12.3 Å². The number of rotatable bonds is 5. The Morgan fingerprint density at radius 3 is 2.62 bits per heavy atom. The fraction of sp³-hybridized carbons (Fsp3) is 1.00. The fourth-order valence-corrected chi connectivity index (χ4v) is 2.03. The van der Waals surface area contributed by atoms with Gasteiger partial charge < -0.3 is 0 Å². The molecule has 0 aromatic rings. The predicted octanol–water partition coefficient (Wildman–Crippen LogP) is 2.30. The molecule has 0 aromatic heterocycles. The molecule has 1 nitrogen and oxygen atoms in total. The van der Waals surface area contributed by atoms with Gasteiger partial charge in [-0.05, 0) is 17.4 Å². The Bertz CT molecular complexity index is 35.4. The molecule has 8 heavy (non-hydrogen) atoms. The van der Waals surface area contributed by atoms with Crippen molar-refractivity contribution in [3.05, 3.63) is 0 Å². The standard InChI is InChI=1S/C5H13NS2/c1-3-5-7-8-6-4-2/h6H,3-5H2,1-2H3. The highest BCUT2D eigenvalue weighted by atomic mass is 33.1. The van der Waals surface area contributed by atoms with E-state index in [1.54, 1.807) is 11.0 Å². The minimum Gasteiger partial charge on any atom is -0.255 e. The Morgan fingerprint density at radius 1 is 1.38 bits per heavy atom. The number of nitrogens with one attached hydrogen (secondary N) is 1. The van der Waals surface area contributed by atoms with Crippen LogP contribution < -0.4 is 4.72 Å². The molecular weight excluding hydrogens is 138 g/mol. The van der Waals surface area contributed by atoms with E-state index in [0.29, 0.717) is 0 Å². The van der Waals surface area contributed by atoms with Gasteiger partial charge in [0.1, 0.15) is 0 Å². The molecular formula is C5H13NS2. The van der Waals surface area contributed by atoms with Gasteiger partial charge in [-0.2, -0.15) is 0 Å². The van der Waals surface area contributed by atoms with Crippen LogP contribution in [0.3, 0.4) is 0 Å². The van der Waals surface area contributed by atoms with Crippen LogP contribution in [-0.4, -0.2) is 12.3 Å². The van der Waals surface area contributed by atoms with Gasteiger partial charge in [-0.3, -0.25) is 4.72 Å². The summed E-state index contributed by atoms with van der Waals surface area (Å²) in [6.45, 7) is 5.36. The second-order valence-electron chi connectivity index (χ2n) is 1.40. The molecule has 0 unspecified atom stereocenters. The average Bonchev–Trinajstić information content (AvgIpc) is 1.81. The summed E-state index contributed by atoms with van der Waals surface area (Å²) < 4.78 is 3.16. The lowest BCUT2D eigenvalue weighted by Crippen LogP contribution is -1.97. The molecule has 0 saturated heterocycles. The lowest BCUT2D eigenvalue weighted by atomic mass is 10.6. The molecule has 1 N–H and O–H groups in total. The second-order valence-corrected chi connectivity index (χ2v) is 3.71. The average molecular weight is 151 g/mol. The van der Waals surface area contributed by atoms with Gasteiger partial charge in [0.25, 0.3) is 0 Å². The van der Waals surface area contributed by atoms with Gasteiger partial charge in [0.15, 0.2) is 0 Å². The van der Waals surface area contributed by atoms with Crippen LogP contribution >= 0.6 is 21.8 Å². The number of hydrogen-bond donors (Lipinski definition) is 1. The van der Waals surface area contributed by atoms with E-state index in [2.05, 4.69) is 18.6 Å². The van der Waals surface area contributed by atoms with Gasteiger partial charge in [0.05, 0.1) is 0 Å². The van der Waals surface area contributed by atoms with Crippen molar-refractivity contribution in [1.29, 1.82) is 0 Å². The van der Waals surface area contributed by atoms with Crippen LogP contribution in [0.25, 0.3) is 0 Å². The highest BCUT2D eigenvalue weighted by molar-refractivity contribution is 8.76. The quantitative estimate of drug-likeness (QED) is 0.368. The lowest BCUT2D eigenvalue weighted by molar-refractivity contribution is 1.04. The molecule has 0 aliphatic rings. The molecule has 0 saturated carbocycles. The maximum Gasteiger partial charge on any atom is 0.00467 e. The molecule has 0 heterocycles. The van der Waals surface area contributed by atoms with Crippen LogP contribution in [0.1, 0.15) is 20.3 Å². The Morgan fingerprint density at radius 2 is 2.12 bits per heavy atom. The van der Waals surface area contributed by atoms with Crippen molar-refractivity contribution in [2.24, 2.45) is 0 Å². The largest absolute Gasteiger partial charge is 0.255 e. The summed E-state index contributed by atoms with van der Waals surface area (Å²) in [6, 6.07) is 0. The van der Waals surface area contributed by atoms with Crippen LogP contribution in [0.15, 0.2) is 0 Å². The van der Waals surface area contributed by atoms with Gasteiger partial charge in [0.2, 0.25) is 0 Å². The molecule has 0 radical (unpaired) electrons. The van der Waals surface area contributed by atoms with E-state index >= 15 is 0 Å². The van der Waals surface area contributed by atoms with Crippen molar-refractivity contribution in [3.63, 3.8) is 0 Å². The predicted molar refractivity (Wildman–Crippen MR) is 44.0 cm³/mol. The molecule has 0 amide bonds. The molecule has 50 valence electrons. The van der Waals surface area contributed by atoms with Crippen molar-refractivity contribution < 1.29 is 0 Å². The van der Waals surface area contributed by atoms with Crippen molar-refractivity contribution >= 4 is 21.8 Å². The van der Waals surface area contributed by atoms with Crippen LogP contribution in [-0.2, 0) is 0 Å². The molecule has 0 fully saturated rings. The van der Waals surface area contributed by atoms with Crippen molar-refractivity contribution in [2.75, 3.05) is 12.3 Å². The third kappa shape index (κ3) is 6.66. The van der Waals surface area contributed by atoms with Gasteiger partial charge in [-0.25, -0.2) is 0 Å². The minimum absolute atomic E-state index is 1.06. The lowest BCUT2D eigenvalue weighted by Gasteiger charge is -1.95. The maximum atomic E-state index is 3.16. The van der Waals surface area contributed by atoms with E-state index in [1.165, 1.54) is 12.2 Å². The molecule has 0 aromatic carbocycles. The van der Waals surface area contributed by atoms with Gasteiger partial charge >= 0.3 is 0 Å². The zero-order chi connectivity index (χ0) is 6.24. The fourth-order valence-electron chi connectivity index (χ4n) is 0.226. The normalized spacial score (nSPS) is 9.75. The summed E-state index contributed by atoms with van der Waals surface area (Å²) in [4.78, 5) is 0. The van der Waals surface area contributed by atoms with E-state index in [4.69, 9.17) is 0 Å². The molecule has 0 aliphatic heterocycles. The van der Waals surface area contributed by atoms with E-state index in [9.17, 15) is 0 Å². The van der Waals surface area contributed by atoms with Crippen LogP contribution in [0.5, 0.6) is 0 Å². The molecule has 0 rings (SSSR count). The monoisotopic (exact) mass is 151 g/mol. The topological polar surface area (TPSA) is 12.0 Å². The zero-order valence-corrected chi connectivity index (χ0v) is 7.07. The van der Waals surface area contributed by atoms with E-state index in [-0.39, 0.29) is 0 Å². The Labute approximate surface area is 59.5 Å². The molecule has 3 heteroatoms. The Hall–Kier alpha value is 0.660. The first-order valence-corrected chi connectivity index (χ1v) is 5.25. The first-order valence-electron chi connectivity index (χ1n) is 2.93. The zero-order valence-electron chi connectivity index (χ0n) is 5.44. The van der Waals surface area contributed by atoms with Crippen molar-refractivity contribution in [3.8, 4) is 0 Å². The van der Waals surface area contributed by atoms with Crippen LogP contribution in [0.2, 0.25) is 0 Å². The van der Waals surface area contributed by atoms with E-state index in [1.807, 2.05) is 10.8 Å². The Kier molecular flexibility index (Phi) is 8.29. The first kappa shape index (κ1) is 8.66. The Balaban J connectivity index is 2.53. The van der Waals surface area contributed by atoms with Gasteiger partial charge in [-0.15, -0.1) is 0 Å². The molecule has 0 aliphatic carbocycles. The van der Waals surface area contributed by atoms with Crippen LogP contribution in [0.4, 0.5) is 0 Å². The van der Waals surface area contributed by atoms with E-state index in [0.717, 1.165) is 6.54 Å². The van der Waals surface area contributed by atoms with Gasteiger partial charge in [-0.1, -0.05) is 24.6 Å². The maximum absolute atomic E-state index is 3.16. The summed E-state index contributed by atoms with van der Waals surface area (Å²) in [7, 11) is 3.63. The summed E-state index contributed by atoms with van der Waals surface area (Å²) in [5.41, 5.74) is 0. The smallest absolute Gasteiger partial charge is 0.00467 e. The molecule has 0 atom stereocenters. The highest BCUT2D eigenvalue weighted by Crippen LogP contribution is 2.16. The summed E-state index contributed by atoms with van der Waals surface area (Å²) in [5.74, 6) is 1.25. The summed E-state index contributed by atoms with van der Waals surface area (Å²) >= 11 is 0. The SMILES string of the molecule is CCCSSNCC. The second kappa shape index (κ2) is 7.66. The van der Waals surface area contributed by atoms with Crippen LogP contribution in [0, 0.1) is 0 Å². The summed E-state index contributed by atoms with van der Waals surface area (Å²) in [6.07, 6.45) is 1.27. The molecule has 0 spiro atoms. The van der Waals surface area contributed by atoms with E-state index < -0.39 is 0 Å². The third-order valence-corrected chi connectivity index (χ3v) is 2.86. The van der Waals surface area contributed by atoms with Crippen molar-refractivity contribution in [1.82, 2.24) is 4.72 Å². The molecule has 0 bridgehead atoms. The summed E-state index contributed by atoms with van der Waals surface area (Å²) in [5, 5.41) is 0. The highest BCUT2D eigenvalue weighted by Gasteiger charge is 1.82. The first-order chi connectivity index (χ1) is 3.91. The number of hydrogen-bond acceptors (Lipinski definition) is 3. The minimum atomic E-state index is 1.06.